The van der Waals surface area contributed by atoms with Gasteiger partial charge in [0.1, 0.15) is 11.3 Å². The molecule has 0 spiro atoms. The molecule has 3 fully saturated rings. The number of anilines is 1. The van der Waals surface area contributed by atoms with Gasteiger partial charge in [-0.1, -0.05) is 38.2 Å². The van der Waals surface area contributed by atoms with Gasteiger partial charge in [0, 0.05) is 12.6 Å². The summed E-state index contributed by atoms with van der Waals surface area (Å²) in [6.45, 7) is 5.46. The lowest BCUT2D eigenvalue weighted by Crippen LogP contribution is -2.33. The molecule has 3 heterocycles. The molecule has 2 aromatic rings. The molecule has 37 heavy (non-hydrogen) atoms. The third-order valence-corrected chi connectivity index (χ3v) is 9.35. The van der Waals surface area contributed by atoms with Crippen molar-refractivity contribution in [2.24, 2.45) is 23.7 Å². The predicted octanol–water partition coefficient (Wildman–Crippen LogP) is 5.80. The van der Waals surface area contributed by atoms with E-state index in [2.05, 4.69) is 34.0 Å². The number of aromatic nitrogens is 4. The third kappa shape index (κ3) is 4.50. The van der Waals surface area contributed by atoms with E-state index in [4.69, 9.17) is 15.4 Å². The molecule has 3 saturated carbocycles. The number of rotatable bonds is 5. The molecular formula is C28H39N7O2. The Kier molecular flexibility index (Phi) is 6.41. The second-order valence-electron chi connectivity index (χ2n) is 11.9. The highest BCUT2D eigenvalue weighted by molar-refractivity contribution is 6.03. The van der Waals surface area contributed by atoms with Crippen molar-refractivity contribution in [3.63, 3.8) is 0 Å². The first-order valence-electron chi connectivity index (χ1n) is 14.3. The van der Waals surface area contributed by atoms with Crippen LogP contribution in [0.2, 0.25) is 0 Å². The van der Waals surface area contributed by atoms with Crippen LogP contribution in [0, 0.1) is 29.1 Å². The molecule has 2 aromatic heterocycles. The Morgan fingerprint density at radius 1 is 1.03 bits per heavy atom. The fourth-order valence-electron chi connectivity index (χ4n) is 7.10. The molecule has 0 radical (unpaired) electrons. The molecule has 1 aliphatic heterocycles. The molecule has 0 saturated heterocycles. The minimum absolute atomic E-state index is 0.0616. The van der Waals surface area contributed by atoms with Gasteiger partial charge in [0.05, 0.1) is 0 Å². The molecule has 0 aromatic carbocycles. The number of nitrogens with one attached hydrogen (secondary N) is 3. The van der Waals surface area contributed by atoms with Gasteiger partial charge >= 0.3 is 6.09 Å². The van der Waals surface area contributed by atoms with Crippen LogP contribution in [0.25, 0.3) is 16.7 Å². The molecule has 4 N–H and O–H groups in total. The van der Waals surface area contributed by atoms with Gasteiger partial charge in [-0.2, -0.15) is 0 Å². The number of hydrogen-bond donors (Lipinski definition) is 4. The van der Waals surface area contributed by atoms with Crippen LogP contribution in [0.4, 0.5) is 10.6 Å². The van der Waals surface area contributed by atoms with Gasteiger partial charge in [-0.25, -0.2) is 19.7 Å². The first-order chi connectivity index (χ1) is 17.9. The third-order valence-electron chi connectivity index (χ3n) is 9.35. The first kappa shape index (κ1) is 24.4. The molecule has 9 nitrogen and oxygen atoms in total. The van der Waals surface area contributed by atoms with Crippen molar-refractivity contribution >= 4 is 34.5 Å². The van der Waals surface area contributed by atoms with Crippen LogP contribution in [0.3, 0.4) is 0 Å². The lowest BCUT2D eigenvalue weighted by Gasteiger charge is -2.39. The van der Waals surface area contributed by atoms with E-state index < -0.39 is 6.09 Å². The van der Waals surface area contributed by atoms with E-state index >= 15 is 0 Å². The minimum Gasteiger partial charge on any atom is -0.465 e. The van der Waals surface area contributed by atoms with Crippen molar-refractivity contribution in [3.8, 4) is 0 Å². The summed E-state index contributed by atoms with van der Waals surface area (Å²) in [6, 6.07) is 0.232. The quantitative estimate of drug-likeness (QED) is 0.300. The maximum Gasteiger partial charge on any atom is 0.410 e. The molecule has 0 bridgehead atoms. The largest absolute Gasteiger partial charge is 0.465 e. The molecule has 198 valence electrons. The fourth-order valence-corrected chi connectivity index (χ4v) is 7.10. The summed E-state index contributed by atoms with van der Waals surface area (Å²) in [5, 5.41) is 23.2. The van der Waals surface area contributed by atoms with Crippen LogP contribution < -0.4 is 10.6 Å². The van der Waals surface area contributed by atoms with Crippen LogP contribution in [0.5, 0.6) is 0 Å². The van der Waals surface area contributed by atoms with Crippen LogP contribution >= 0.6 is 0 Å². The molecule has 4 aliphatic rings. The standard InChI is InChI=1S/C28H39N7O2/c1-15-11-12-19-14-35-22-24(30-16(2)17-9-6-10-17)32-26(23(29)31-28(36)37)33-25(22)34-27(35)21(20(19)13-15)18-7-4-3-5-8-18/h15-19H,3-14H2,1-2H3,(H2,29,31)(H,36,37)(H,30,32,33)/t15-,16-,19+/m1/s1. The second kappa shape index (κ2) is 9.72. The Morgan fingerprint density at radius 3 is 2.51 bits per heavy atom. The van der Waals surface area contributed by atoms with Crippen molar-refractivity contribution in [1.29, 1.82) is 5.41 Å². The van der Waals surface area contributed by atoms with E-state index in [-0.39, 0.29) is 17.7 Å². The molecule has 0 unspecified atom stereocenters. The predicted molar refractivity (Wildman–Crippen MR) is 144 cm³/mol. The van der Waals surface area contributed by atoms with Crippen LogP contribution in [0.1, 0.15) is 96.1 Å². The van der Waals surface area contributed by atoms with Crippen LogP contribution in [-0.4, -0.2) is 42.6 Å². The molecule has 3 aliphatic carbocycles. The Labute approximate surface area is 218 Å². The van der Waals surface area contributed by atoms with Crippen LogP contribution in [0.15, 0.2) is 5.57 Å². The SMILES string of the molecule is C[C@@H]1CC[C@H]2Cn3c(nc4nc(C(=N)NC(=O)O)nc(N[C@H](C)C5CCC5)c43)C(C3CCCCC3)=C2C1. The van der Waals surface area contributed by atoms with Gasteiger partial charge in [-0.05, 0) is 81.1 Å². The highest BCUT2D eigenvalue weighted by Gasteiger charge is 2.38. The zero-order valence-electron chi connectivity index (χ0n) is 22.0. The maximum atomic E-state index is 11.2. The summed E-state index contributed by atoms with van der Waals surface area (Å²) in [7, 11) is 0. The number of amidine groups is 1. The molecular weight excluding hydrogens is 466 g/mol. The number of allylic oxidation sites excluding steroid dienone is 2. The molecule has 3 atom stereocenters. The summed E-state index contributed by atoms with van der Waals surface area (Å²) in [5.74, 6) is 3.81. The Bertz CT molecular complexity index is 1250. The smallest absolute Gasteiger partial charge is 0.410 e. The average molecular weight is 506 g/mol. The highest BCUT2D eigenvalue weighted by Crippen LogP contribution is 2.48. The van der Waals surface area contributed by atoms with Gasteiger partial charge < -0.3 is 15.0 Å². The summed E-state index contributed by atoms with van der Waals surface area (Å²) < 4.78 is 2.36. The van der Waals surface area contributed by atoms with Crippen molar-refractivity contribution < 1.29 is 9.90 Å². The fraction of sp³-hybridized carbons (Fsp3) is 0.679. The normalized spacial score (nSPS) is 25.2. The van der Waals surface area contributed by atoms with Gasteiger partial charge in [-0.3, -0.25) is 10.7 Å². The number of carbonyl (C=O) groups is 1. The zero-order valence-corrected chi connectivity index (χ0v) is 22.0. The van der Waals surface area contributed by atoms with Crippen LogP contribution in [-0.2, 0) is 6.54 Å². The minimum atomic E-state index is -1.29. The highest BCUT2D eigenvalue weighted by atomic mass is 16.4. The summed E-state index contributed by atoms with van der Waals surface area (Å²) >= 11 is 0. The number of nitrogens with zero attached hydrogens (tertiary/aromatic N) is 4. The van der Waals surface area contributed by atoms with Gasteiger partial charge in [0.25, 0.3) is 0 Å². The summed E-state index contributed by atoms with van der Waals surface area (Å²) in [4.78, 5) is 25.7. The van der Waals surface area contributed by atoms with Crippen molar-refractivity contribution in [3.05, 3.63) is 17.2 Å². The van der Waals surface area contributed by atoms with Gasteiger partial charge in [0.15, 0.2) is 23.1 Å². The Balaban J connectivity index is 1.51. The van der Waals surface area contributed by atoms with Gasteiger partial charge in [0.2, 0.25) is 0 Å². The maximum absolute atomic E-state index is 11.2. The summed E-state index contributed by atoms with van der Waals surface area (Å²) in [5.41, 5.74) is 4.54. The zero-order chi connectivity index (χ0) is 25.7. The number of fused-ring (bicyclic) bond motifs is 4. The second-order valence-corrected chi connectivity index (χ2v) is 11.9. The first-order valence-corrected chi connectivity index (χ1v) is 14.3. The summed E-state index contributed by atoms with van der Waals surface area (Å²) in [6.07, 6.45) is 12.3. The monoisotopic (exact) mass is 505 g/mol. The number of hydrogen-bond acceptors (Lipinski definition) is 6. The average Bonchev–Trinajstić information content (AvgIpc) is 3.19. The van der Waals surface area contributed by atoms with E-state index in [0.29, 0.717) is 35.1 Å². The molecule has 9 heteroatoms. The molecule has 1 amide bonds. The van der Waals surface area contributed by atoms with E-state index in [1.807, 2.05) is 0 Å². The van der Waals surface area contributed by atoms with E-state index in [0.717, 1.165) is 24.3 Å². The molecule has 6 rings (SSSR count). The lowest BCUT2D eigenvalue weighted by atomic mass is 9.70. The number of carboxylic acid groups (broad SMARTS) is 1. The number of amides is 1. The number of imidazole rings is 1. The van der Waals surface area contributed by atoms with Crippen molar-refractivity contribution in [2.75, 3.05) is 5.32 Å². The Hall–Kier alpha value is -2.97. The lowest BCUT2D eigenvalue weighted by molar-refractivity contribution is 0.200. The van der Waals surface area contributed by atoms with Crippen molar-refractivity contribution in [2.45, 2.75) is 97.1 Å². The Morgan fingerprint density at radius 2 is 1.81 bits per heavy atom. The van der Waals surface area contributed by atoms with E-state index in [9.17, 15) is 9.90 Å². The van der Waals surface area contributed by atoms with E-state index in [1.165, 1.54) is 69.8 Å². The van der Waals surface area contributed by atoms with Crippen molar-refractivity contribution in [1.82, 2.24) is 24.8 Å². The van der Waals surface area contributed by atoms with Gasteiger partial charge in [-0.15, -0.1) is 0 Å². The van der Waals surface area contributed by atoms with E-state index in [1.54, 1.807) is 5.57 Å². The topological polar surface area (TPSA) is 129 Å².